The molecule has 2 aromatic carbocycles. The van der Waals surface area contributed by atoms with E-state index in [2.05, 4.69) is 36.1 Å². The summed E-state index contributed by atoms with van der Waals surface area (Å²) >= 11 is 0. The Labute approximate surface area is 148 Å². The number of rotatable bonds is 4. The zero-order valence-corrected chi connectivity index (χ0v) is 14.5. The van der Waals surface area contributed by atoms with Crippen molar-refractivity contribution in [2.24, 2.45) is 0 Å². The van der Waals surface area contributed by atoms with Crippen molar-refractivity contribution in [3.63, 3.8) is 0 Å². The van der Waals surface area contributed by atoms with Gasteiger partial charge in [-0.1, -0.05) is 42.5 Å². The molecule has 0 saturated carbocycles. The molecule has 130 valence electrons. The zero-order chi connectivity index (χ0) is 17.6. The van der Waals surface area contributed by atoms with Crippen LogP contribution in [0.3, 0.4) is 0 Å². The van der Waals surface area contributed by atoms with Crippen LogP contribution in [0.15, 0.2) is 54.6 Å². The Morgan fingerprint density at radius 1 is 1.04 bits per heavy atom. The summed E-state index contributed by atoms with van der Waals surface area (Å²) in [5.74, 6) is -0.367. The Morgan fingerprint density at radius 3 is 2.44 bits per heavy atom. The van der Waals surface area contributed by atoms with Crippen molar-refractivity contribution in [1.29, 1.82) is 0 Å². The molecule has 0 bridgehead atoms. The van der Waals surface area contributed by atoms with Crippen molar-refractivity contribution < 1.29 is 9.18 Å². The predicted octanol–water partition coefficient (Wildman–Crippen LogP) is 3.49. The molecule has 3 nitrogen and oxygen atoms in total. The minimum Gasteiger partial charge on any atom is -0.337 e. The Bertz CT molecular complexity index is 764. The van der Waals surface area contributed by atoms with E-state index in [4.69, 9.17) is 0 Å². The minimum absolute atomic E-state index is 0.0567. The standard InChI is InChI=1S/C21H23FN2O/c1-17-6-2-3-8-19(17)16-23-12-14-24(15-13-23)21(25)11-10-18-7-4-5-9-20(18)22/h2-11H,12-16H2,1H3/b11-10+. The van der Waals surface area contributed by atoms with Crippen LogP contribution in [0.1, 0.15) is 16.7 Å². The van der Waals surface area contributed by atoms with Gasteiger partial charge in [-0.05, 0) is 30.2 Å². The first-order valence-corrected chi connectivity index (χ1v) is 8.62. The Balaban J connectivity index is 1.53. The Kier molecular flexibility index (Phi) is 5.61. The maximum absolute atomic E-state index is 13.6. The van der Waals surface area contributed by atoms with E-state index in [0.29, 0.717) is 18.7 Å². The van der Waals surface area contributed by atoms with E-state index >= 15 is 0 Å². The maximum Gasteiger partial charge on any atom is 0.246 e. The highest BCUT2D eigenvalue weighted by Crippen LogP contribution is 2.13. The monoisotopic (exact) mass is 338 g/mol. The molecule has 1 aliphatic rings. The molecule has 0 atom stereocenters. The van der Waals surface area contributed by atoms with Gasteiger partial charge in [0.1, 0.15) is 5.82 Å². The molecule has 1 saturated heterocycles. The maximum atomic E-state index is 13.6. The highest BCUT2D eigenvalue weighted by atomic mass is 19.1. The lowest BCUT2D eigenvalue weighted by Gasteiger charge is -2.34. The fourth-order valence-corrected chi connectivity index (χ4v) is 3.03. The van der Waals surface area contributed by atoms with E-state index in [1.807, 2.05) is 4.90 Å². The summed E-state index contributed by atoms with van der Waals surface area (Å²) in [5, 5.41) is 0. The SMILES string of the molecule is Cc1ccccc1CN1CCN(C(=O)/C=C/c2ccccc2F)CC1. The van der Waals surface area contributed by atoms with Crippen LogP contribution < -0.4 is 0 Å². The van der Waals surface area contributed by atoms with Crippen molar-refractivity contribution >= 4 is 12.0 Å². The molecule has 25 heavy (non-hydrogen) atoms. The molecule has 0 N–H and O–H groups in total. The van der Waals surface area contributed by atoms with Gasteiger partial charge in [0, 0.05) is 44.4 Å². The summed E-state index contributed by atoms with van der Waals surface area (Å²) in [6.45, 7) is 6.16. The van der Waals surface area contributed by atoms with Crippen LogP contribution in [0.5, 0.6) is 0 Å². The molecule has 0 unspecified atom stereocenters. The second-order valence-corrected chi connectivity index (χ2v) is 6.38. The smallest absolute Gasteiger partial charge is 0.246 e. The molecule has 3 rings (SSSR count). The van der Waals surface area contributed by atoms with E-state index < -0.39 is 0 Å². The molecular formula is C21H23FN2O. The lowest BCUT2D eigenvalue weighted by molar-refractivity contribution is -0.127. The molecule has 1 heterocycles. The summed E-state index contributed by atoms with van der Waals surface area (Å²) in [6, 6.07) is 14.9. The van der Waals surface area contributed by atoms with Crippen LogP contribution in [-0.2, 0) is 11.3 Å². The van der Waals surface area contributed by atoms with E-state index in [0.717, 1.165) is 19.6 Å². The van der Waals surface area contributed by atoms with E-state index in [1.54, 1.807) is 24.3 Å². The van der Waals surface area contributed by atoms with Crippen LogP contribution in [0.4, 0.5) is 4.39 Å². The lowest BCUT2D eigenvalue weighted by Crippen LogP contribution is -2.47. The largest absolute Gasteiger partial charge is 0.337 e. The van der Waals surface area contributed by atoms with Crippen LogP contribution in [0.2, 0.25) is 0 Å². The number of benzene rings is 2. The van der Waals surface area contributed by atoms with E-state index in [1.165, 1.54) is 23.3 Å². The average molecular weight is 338 g/mol. The van der Waals surface area contributed by atoms with E-state index in [9.17, 15) is 9.18 Å². The van der Waals surface area contributed by atoms with Crippen molar-refractivity contribution in [3.8, 4) is 0 Å². The van der Waals surface area contributed by atoms with Crippen molar-refractivity contribution in [2.45, 2.75) is 13.5 Å². The van der Waals surface area contributed by atoms with Crippen molar-refractivity contribution in [2.75, 3.05) is 26.2 Å². The van der Waals surface area contributed by atoms with Gasteiger partial charge in [-0.15, -0.1) is 0 Å². The van der Waals surface area contributed by atoms with Gasteiger partial charge < -0.3 is 4.90 Å². The molecule has 0 spiro atoms. The van der Waals surface area contributed by atoms with Gasteiger partial charge in [-0.25, -0.2) is 4.39 Å². The molecule has 1 amide bonds. The quantitative estimate of drug-likeness (QED) is 0.797. The van der Waals surface area contributed by atoms with Crippen molar-refractivity contribution in [1.82, 2.24) is 9.80 Å². The molecule has 0 aliphatic carbocycles. The molecule has 0 radical (unpaired) electrons. The van der Waals surface area contributed by atoms with Gasteiger partial charge in [0.05, 0.1) is 0 Å². The first-order chi connectivity index (χ1) is 12.1. The van der Waals surface area contributed by atoms with Crippen LogP contribution >= 0.6 is 0 Å². The number of hydrogen-bond acceptors (Lipinski definition) is 2. The third-order valence-electron chi connectivity index (χ3n) is 4.65. The number of piperazine rings is 1. The summed E-state index contributed by atoms with van der Waals surface area (Å²) in [4.78, 5) is 16.5. The van der Waals surface area contributed by atoms with Gasteiger partial charge in [0.2, 0.25) is 5.91 Å². The van der Waals surface area contributed by atoms with Gasteiger partial charge >= 0.3 is 0 Å². The normalized spacial score (nSPS) is 15.7. The van der Waals surface area contributed by atoms with Gasteiger partial charge in [0.15, 0.2) is 0 Å². The van der Waals surface area contributed by atoms with Crippen molar-refractivity contribution in [3.05, 3.63) is 77.1 Å². The van der Waals surface area contributed by atoms with Gasteiger partial charge in [0.25, 0.3) is 0 Å². The number of halogens is 1. The van der Waals surface area contributed by atoms with Crippen LogP contribution in [0, 0.1) is 12.7 Å². The number of carbonyl (C=O) groups excluding carboxylic acids is 1. The molecule has 4 heteroatoms. The third kappa shape index (κ3) is 4.54. The Morgan fingerprint density at radius 2 is 1.72 bits per heavy atom. The topological polar surface area (TPSA) is 23.6 Å². The first kappa shape index (κ1) is 17.4. The molecule has 1 aliphatic heterocycles. The number of aryl methyl sites for hydroxylation is 1. The average Bonchev–Trinajstić information content (AvgIpc) is 2.63. The zero-order valence-electron chi connectivity index (χ0n) is 14.5. The third-order valence-corrected chi connectivity index (χ3v) is 4.65. The van der Waals surface area contributed by atoms with Gasteiger partial charge in [-0.2, -0.15) is 0 Å². The summed E-state index contributed by atoms with van der Waals surface area (Å²) in [5.41, 5.74) is 3.07. The fourth-order valence-electron chi connectivity index (χ4n) is 3.03. The van der Waals surface area contributed by atoms with Crippen LogP contribution in [0.25, 0.3) is 6.08 Å². The number of hydrogen-bond donors (Lipinski definition) is 0. The van der Waals surface area contributed by atoms with Crippen LogP contribution in [-0.4, -0.2) is 41.9 Å². The second-order valence-electron chi connectivity index (χ2n) is 6.38. The predicted molar refractivity (Wildman–Crippen MR) is 98.5 cm³/mol. The summed E-state index contributed by atoms with van der Waals surface area (Å²) in [6.07, 6.45) is 3.02. The highest BCUT2D eigenvalue weighted by Gasteiger charge is 2.19. The minimum atomic E-state index is -0.311. The number of amides is 1. The summed E-state index contributed by atoms with van der Waals surface area (Å²) in [7, 11) is 0. The molecule has 2 aromatic rings. The Hall–Kier alpha value is -2.46. The molecular weight excluding hydrogens is 315 g/mol. The van der Waals surface area contributed by atoms with Gasteiger partial charge in [-0.3, -0.25) is 9.69 Å². The first-order valence-electron chi connectivity index (χ1n) is 8.62. The lowest BCUT2D eigenvalue weighted by atomic mass is 10.1. The number of nitrogens with zero attached hydrogens (tertiary/aromatic N) is 2. The molecule has 0 aromatic heterocycles. The highest BCUT2D eigenvalue weighted by molar-refractivity contribution is 5.91. The van der Waals surface area contributed by atoms with E-state index in [-0.39, 0.29) is 11.7 Å². The fraction of sp³-hybridized carbons (Fsp3) is 0.286. The molecule has 1 fully saturated rings. The second kappa shape index (κ2) is 8.08. The summed E-state index contributed by atoms with van der Waals surface area (Å²) < 4.78 is 13.6. The number of carbonyl (C=O) groups is 1.